The first-order valence-electron chi connectivity index (χ1n) is 18.5. The maximum atomic E-state index is 6.33. The first-order valence-corrected chi connectivity index (χ1v) is 18.5. The Bertz CT molecular complexity index is 2940. The van der Waals surface area contributed by atoms with Gasteiger partial charge in [0.15, 0.2) is 7.28 Å². The lowest BCUT2D eigenvalue weighted by Gasteiger charge is -2.46. The average molecular weight is 679 g/mol. The number of furan rings is 1. The molecule has 0 unspecified atom stereocenters. The molecule has 1 aromatic heterocycles. The zero-order valence-electron chi connectivity index (χ0n) is 29.7. The fraction of sp³-hybridized carbons (Fsp3) is 0.0612. The molecule has 2 aliphatic heterocycles. The highest BCUT2D eigenvalue weighted by Crippen LogP contribution is 2.53. The van der Waals surface area contributed by atoms with E-state index in [1.807, 2.05) is 12.1 Å². The number of hydrogen-bond donors (Lipinski definition) is 1. The van der Waals surface area contributed by atoms with Gasteiger partial charge in [0.2, 0.25) is 0 Å². The molecule has 2 aliphatic rings. The SMILES string of the molecule is CC1(C)c2ccccc2N2c3cc(-c4ccccc4)cc(-c4cc5ccccc5cc4Nc4cccc5oc6ccccc6c45)c3Bc3cccc1c32. The molecule has 4 heteroatoms. The molecule has 0 spiro atoms. The molecule has 0 saturated heterocycles. The van der Waals surface area contributed by atoms with Gasteiger partial charge in [-0.2, -0.15) is 0 Å². The summed E-state index contributed by atoms with van der Waals surface area (Å²) < 4.78 is 6.33. The van der Waals surface area contributed by atoms with Crippen LogP contribution in [-0.2, 0) is 5.41 Å². The van der Waals surface area contributed by atoms with E-state index in [0.717, 1.165) is 40.6 Å². The van der Waals surface area contributed by atoms with E-state index in [-0.39, 0.29) is 5.41 Å². The highest BCUT2D eigenvalue weighted by atomic mass is 16.3. The number of para-hydroxylation sites is 3. The van der Waals surface area contributed by atoms with Crippen molar-refractivity contribution < 1.29 is 4.42 Å². The van der Waals surface area contributed by atoms with Gasteiger partial charge in [0.05, 0.1) is 16.8 Å². The third-order valence-electron chi connectivity index (χ3n) is 11.6. The maximum absolute atomic E-state index is 6.33. The molecule has 0 fully saturated rings. The zero-order chi connectivity index (χ0) is 35.3. The van der Waals surface area contributed by atoms with Crippen molar-refractivity contribution in [3.05, 3.63) is 175 Å². The highest BCUT2D eigenvalue weighted by molar-refractivity contribution is 6.73. The van der Waals surface area contributed by atoms with Gasteiger partial charge in [0, 0.05) is 33.4 Å². The molecule has 8 aromatic carbocycles. The molecule has 0 atom stereocenters. The zero-order valence-corrected chi connectivity index (χ0v) is 29.7. The van der Waals surface area contributed by atoms with Gasteiger partial charge in [-0.3, -0.25) is 0 Å². The van der Waals surface area contributed by atoms with E-state index in [1.165, 1.54) is 72.1 Å². The van der Waals surface area contributed by atoms with E-state index >= 15 is 0 Å². The Morgan fingerprint density at radius 2 is 1.26 bits per heavy atom. The molecule has 0 amide bonds. The second kappa shape index (κ2) is 11.2. The quantitative estimate of drug-likeness (QED) is 0.188. The number of anilines is 5. The van der Waals surface area contributed by atoms with E-state index in [0.29, 0.717) is 0 Å². The number of fused-ring (bicyclic) bond motifs is 8. The minimum absolute atomic E-state index is 0.122. The van der Waals surface area contributed by atoms with E-state index in [4.69, 9.17) is 4.42 Å². The molecule has 0 aliphatic carbocycles. The van der Waals surface area contributed by atoms with E-state index in [2.05, 4.69) is 176 Å². The van der Waals surface area contributed by atoms with Crippen molar-refractivity contribution >= 4 is 79.4 Å². The van der Waals surface area contributed by atoms with Gasteiger partial charge < -0.3 is 14.6 Å². The third kappa shape index (κ3) is 4.48. The van der Waals surface area contributed by atoms with Crippen LogP contribution in [0, 0.1) is 0 Å². The summed E-state index contributed by atoms with van der Waals surface area (Å²) in [4.78, 5) is 2.56. The van der Waals surface area contributed by atoms with Gasteiger partial charge in [0.1, 0.15) is 11.2 Å². The van der Waals surface area contributed by atoms with Gasteiger partial charge in [-0.15, -0.1) is 0 Å². The lowest BCUT2D eigenvalue weighted by atomic mass is 9.55. The lowest BCUT2D eigenvalue weighted by molar-refractivity contribution is 0.632. The standard InChI is InChI=1S/C49H35BN2O/c1-49(2)37-19-9-10-23-42(37)52-43-29-33(30-14-4-3-5-15-30)27-36(47(43)50-39-21-12-20-38(49)48(39)52)35-26-31-16-6-7-17-32(31)28-41(35)51-40-22-13-25-45-46(40)34-18-8-11-24-44(34)53-45/h3-29,50-51H,1-2H3. The van der Waals surface area contributed by atoms with Crippen molar-refractivity contribution in [1.82, 2.24) is 0 Å². The molecule has 3 heterocycles. The van der Waals surface area contributed by atoms with Crippen molar-refractivity contribution in [3.63, 3.8) is 0 Å². The molecule has 1 N–H and O–H groups in total. The average Bonchev–Trinajstić information content (AvgIpc) is 3.59. The predicted octanol–water partition coefficient (Wildman–Crippen LogP) is 11.6. The molecule has 0 radical (unpaired) electrons. The number of rotatable bonds is 4. The van der Waals surface area contributed by atoms with E-state index in [9.17, 15) is 0 Å². The largest absolute Gasteiger partial charge is 0.456 e. The van der Waals surface area contributed by atoms with Crippen LogP contribution in [-0.4, -0.2) is 7.28 Å². The molecular formula is C49H35BN2O. The number of nitrogens with zero attached hydrogens (tertiary/aromatic N) is 1. The lowest BCUT2D eigenvalue weighted by Crippen LogP contribution is -2.45. The monoisotopic (exact) mass is 678 g/mol. The van der Waals surface area contributed by atoms with Crippen LogP contribution in [0.15, 0.2) is 168 Å². The first kappa shape index (κ1) is 30.1. The number of hydrogen-bond acceptors (Lipinski definition) is 3. The summed E-state index contributed by atoms with van der Waals surface area (Å²) in [5, 5.41) is 8.57. The van der Waals surface area contributed by atoms with Crippen molar-refractivity contribution in [3.8, 4) is 22.3 Å². The van der Waals surface area contributed by atoms with Crippen molar-refractivity contribution in [2.75, 3.05) is 10.2 Å². The summed E-state index contributed by atoms with van der Waals surface area (Å²) >= 11 is 0. The van der Waals surface area contributed by atoms with Crippen LogP contribution in [0.3, 0.4) is 0 Å². The van der Waals surface area contributed by atoms with Gasteiger partial charge in [-0.05, 0) is 92.6 Å². The number of benzene rings is 8. The first-order chi connectivity index (χ1) is 26.0. The molecule has 0 saturated carbocycles. The van der Waals surface area contributed by atoms with Gasteiger partial charge in [-0.25, -0.2) is 0 Å². The summed E-state index contributed by atoms with van der Waals surface area (Å²) in [6.07, 6.45) is 0. The smallest absolute Gasteiger partial charge is 0.198 e. The van der Waals surface area contributed by atoms with Crippen LogP contribution in [0.2, 0.25) is 0 Å². The summed E-state index contributed by atoms with van der Waals surface area (Å²) in [6, 6.07) is 59.6. The maximum Gasteiger partial charge on any atom is 0.198 e. The van der Waals surface area contributed by atoms with Crippen LogP contribution in [0.25, 0.3) is 55.0 Å². The minimum atomic E-state index is -0.122. The second-order valence-corrected chi connectivity index (χ2v) is 15.0. The number of nitrogens with one attached hydrogen (secondary N) is 1. The van der Waals surface area contributed by atoms with Gasteiger partial charge >= 0.3 is 0 Å². The summed E-state index contributed by atoms with van der Waals surface area (Å²) in [5.41, 5.74) is 17.8. The Morgan fingerprint density at radius 1 is 0.547 bits per heavy atom. The predicted molar refractivity (Wildman–Crippen MR) is 225 cm³/mol. The molecule has 11 rings (SSSR count). The molecule has 9 aromatic rings. The Kier molecular flexibility index (Phi) is 6.39. The summed E-state index contributed by atoms with van der Waals surface area (Å²) in [7, 11) is 0.839. The fourth-order valence-corrected chi connectivity index (χ4v) is 9.08. The van der Waals surface area contributed by atoms with E-state index < -0.39 is 0 Å². The van der Waals surface area contributed by atoms with Crippen LogP contribution in [0.4, 0.5) is 28.4 Å². The van der Waals surface area contributed by atoms with Crippen LogP contribution in [0.5, 0.6) is 0 Å². The highest BCUT2D eigenvalue weighted by Gasteiger charge is 2.41. The Hall–Kier alpha value is -6.52. The van der Waals surface area contributed by atoms with Gasteiger partial charge in [-0.1, -0.05) is 135 Å². The Labute approximate surface area is 309 Å². The van der Waals surface area contributed by atoms with Crippen LogP contribution < -0.4 is 21.1 Å². The normalized spacial score (nSPS) is 13.7. The fourth-order valence-electron chi connectivity index (χ4n) is 9.08. The molecule has 0 bridgehead atoms. The van der Waals surface area contributed by atoms with Gasteiger partial charge in [0.25, 0.3) is 0 Å². The third-order valence-corrected chi connectivity index (χ3v) is 11.6. The van der Waals surface area contributed by atoms with Crippen molar-refractivity contribution in [2.45, 2.75) is 19.3 Å². The molecular weight excluding hydrogens is 643 g/mol. The van der Waals surface area contributed by atoms with Crippen molar-refractivity contribution in [2.24, 2.45) is 0 Å². The Morgan fingerprint density at radius 3 is 2.15 bits per heavy atom. The molecule has 53 heavy (non-hydrogen) atoms. The molecule has 3 nitrogen and oxygen atoms in total. The summed E-state index contributed by atoms with van der Waals surface area (Å²) in [6.45, 7) is 4.74. The summed E-state index contributed by atoms with van der Waals surface area (Å²) in [5.74, 6) is 0. The molecule has 250 valence electrons. The van der Waals surface area contributed by atoms with E-state index in [1.54, 1.807) is 0 Å². The van der Waals surface area contributed by atoms with Crippen LogP contribution >= 0.6 is 0 Å². The second-order valence-electron chi connectivity index (χ2n) is 15.0. The van der Waals surface area contributed by atoms with Crippen molar-refractivity contribution in [1.29, 1.82) is 0 Å². The van der Waals surface area contributed by atoms with Crippen LogP contribution in [0.1, 0.15) is 25.0 Å². The Balaban J connectivity index is 1.21. The minimum Gasteiger partial charge on any atom is -0.456 e. The topological polar surface area (TPSA) is 28.4 Å².